The monoisotopic (exact) mass is 496 g/mol. The van der Waals surface area contributed by atoms with Crippen LogP contribution in [0.25, 0.3) is 11.1 Å². The molecule has 1 aromatic heterocycles. The Hall–Kier alpha value is -2.60. The van der Waals surface area contributed by atoms with Gasteiger partial charge in [-0.1, -0.05) is 53.5 Å². The lowest BCUT2D eigenvalue weighted by Crippen LogP contribution is -2.42. The lowest BCUT2D eigenvalue weighted by Gasteiger charge is -2.33. The van der Waals surface area contributed by atoms with Crippen molar-refractivity contribution >= 4 is 34.8 Å². The fourth-order valence-electron chi connectivity index (χ4n) is 4.39. The van der Waals surface area contributed by atoms with Crippen LogP contribution in [0.2, 0.25) is 10.0 Å². The fourth-order valence-corrected chi connectivity index (χ4v) is 4.69. The lowest BCUT2D eigenvalue weighted by atomic mass is 10.0. The van der Waals surface area contributed by atoms with Crippen LogP contribution in [0.4, 0.5) is 5.69 Å². The number of likely N-dealkylation sites (N-methyl/N-ethyl adjacent to an activating group) is 2. The zero-order chi connectivity index (χ0) is 24.1. The Labute approximate surface area is 211 Å². The molecule has 0 bridgehead atoms. The predicted molar refractivity (Wildman–Crippen MR) is 141 cm³/mol. The lowest BCUT2D eigenvalue weighted by molar-refractivity contribution is -0.131. The second-order valence-electron chi connectivity index (χ2n) is 8.85. The summed E-state index contributed by atoms with van der Waals surface area (Å²) in [6, 6.07) is 17.9. The Kier molecular flexibility index (Phi) is 8.09. The fraction of sp³-hybridized carbons (Fsp3) is 0.333. The van der Waals surface area contributed by atoms with Gasteiger partial charge >= 0.3 is 0 Å². The molecule has 1 amide bonds. The summed E-state index contributed by atoms with van der Waals surface area (Å²) in [5.74, 6) is 0.0501. The molecule has 3 aromatic rings. The highest BCUT2D eigenvalue weighted by Crippen LogP contribution is 2.28. The van der Waals surface area contributed by atoms with Gasteiger partial charge in [-0.3, -0.25) is 9.78 Å². The van der Waals surface area contributed by atoms with E-state index >= 15 is 0 Å². The molecule has 0 radical (unpaired) electrons. The second-order valence-corrected chi connectivity index (χ2v) is 9.66. The van der Waals surface area contributed by atoms with Crippen molar-refractivity contribution in [1.82, 2.24) is 14.8 Å². The van der Waals surface area contributed by atoms with Crippen LogP contribution in [0.1, 0.15) is 24.4 Å². The minimum Gasteiger partial charge on any atom is -0.365 e. The van der Waals surface area contributed by atoms with Crippen LogP contribution in [0.3, 0.4) is 0 Å². The van der Waals surface area contributed by atoms with E-state index < -0.39 is 0 Å². The molecule has 34 heavy (non-hydrogen) atoms. The molecule has 1 atom stereocenters. The number of hydrogen-bond donors (Lipinski definition) is 0. The first kappa shape index (κ1) is 24.5. The van der Waals surface area contributed by atoms with Crippen molar-refractivity contribution < 1.29 is 4.79 Å². The van der Waals surface area contributed by atoms with E-state index in [1.165, 1.54) is 12.8 Å². The molecular weight excluding hydrogens is 467 g/mol. The molecule has 0 spiro atoms. The second kappa shape index (κ2) is 11.2. The number of nitrogens with zero attached hydrogens (tertiary/aromatic N) is 4. The summed E-state index contributed by atoms with van der Waals surface area (Å²) in [5, 5.41) is 0.982. The maximum absolute atomic E-state index is 13.4. The molecule has 2 heterocycles. The topological polar surface area (TPSA) is 39.7 Å². The quantitative estimate of drug-likeness (QED) is 0.395. The van der Waals surface area contributed by atoms with Gasteiger partial charge in [0.1, 0.15) is 0 Å². The standard InChI is InChI=1S/C27H30Cl2N4O/c1-31(23-11-12-24(28)25(29)16-23)19-27(34)32(2)26(18-33-14-3-4-15-33)21-9-7-20(8-10-21)22-6-5-13-30-17-22/h5-13,16-17,26H,3-4,14-15,18-19H2,1-2H3. The van der Waals surface area contributed by atoms with Gasteiger partial charge < -0.3 is 14.7 Å². The van der Waals surface area contributed by atoms with E-state index in [1.54, 1.807) is 18.3 Å². The Morgan fingerprint density at radius 2 is 1.74 bits per heavy atom. The van der Waals surface area contributed by atoms with E-state index in [2.05, 4.69) is 40.2 Å². The highest BCUT2D eigenvalue weighted by atomic mass is 35.5. The minimum absolute atomic E-state index is 0.0317. The van der Waals surface area contributed by atoms with Crippen molar-refractivity contribution in [2.24, 2.45) is 0 Å². The number of amides is 1. The molecule has 1 aliphatic rings. The summed E-state index contributed by atoms with van der Waals surface area (Å²) in [7, 11) is 3.80. The summed E-state index contributed by atoms with van der Waals surface area (Å²) in [5.41, 5.74) is 4.18. The number of carbonyl (C=O) groups is 1. The maximum atomic E-state index is 13.4. The third kappa shape index (κ3) is 5.90. The van der Waals surface area contributed by atoms with Crippen LogP contribution >= 0.6 is 23.2 Å². The van der Waals surface area contributed by atoms with Crippen molar-refractivity contribution in [2.75, 3.05) is 45.2 Å². The molecule has 0 aliphatic carbocycles. The number of halogens is 2. The van der Waals surface area contributed by atoms with Crippen LogP contribution in [-0.4, -0.2) is 61.0 Å². The predicted octanol–water partition coefficient (Wildman–Crippen LogP) is 5.79. The Morgan fingerprint density at radius 3 is 2.38 bits per heavy atom. The number of benzene rings is 2. The summed E-state index contributed by atoms with van der Waals surface area (Å²) in [4.78, 5) is 23.8. The SMILES string of the molecule is CN(CC(=O)N(C)C(CN1CCCC1)c1ccc(-c2cccnc2)cc1)c1ccc(Cl)c(Cl)c1. The molecule has 178 valence electrons. The van der Waals surface area contributed by atoms with Gasteiger partial charge in [-0.2, -0.15) is 0 Å². The van der Waals surface area contributed by atoms with Gasteiger partial charge in [0.15, 0.2) is 0 Å². The first-order chi connectivity index (χ1) is 16.4. The minimum atomic E-state index is -0.0317. The first-order valence-electron chi connectivity index (χ1n) is 11.6. The molecule has 5 nitrogen and oxygen atoms in total. The van der Waals surface area contributed by atoms with E-state index in [9.17, 15) is 4.79 Å². The Morgan fingerprint density at radius 1 is 1.00 bits per heavy atom. The van der Waals surface area contributed by atoms with Crippen LogP contribution in [-0.2, 0) is 4.79 Å². The highest BCUT2D eigenvalue weighted by molar-refractivity contribution is 6.42. The van der Waals surface area contributed by atoms with Crippen molar-refractivity contribution in [3.63, 3.8) is 0 Å². The zero-order valence-corrected chi connectivity index (χ0v) is 21.1. The average molecular weight is 497 g/mol. The first-order valence-corrected chi connectivity index (χ1v) is 12.3. The number of carbonyl (C=O) groups excluding carboxylic acids is 1. The van der Waals surface area contributed by atoms with Crippen molar-refractivity contribution in [2.45, 2.75) is 18.9 Å². The number of pyridine rings is 1. The molecule has 1 aliphatic heterocycles. The normalized spacial score (nSPS) is 14.7. The maximum Gasteiger partial charge on any atom is 0.242 e. The molecular formula is C27H30Cl2N4O. The van der Waals surface area contributed by atoms with Gasteiger partial charge in [-0.25, -0.2) is 0 Å². The van der Waals surface area contributed by atoms with Gasteiger partial charge in [0.2, 0.25) is 5.91 Å². The largest absolute Gasteiger partial charge is 0.365 e. The summed E-state index contributed by atoms with van der Waals surface area (Å²) in [6.45, 7) is 3.23. The van der Waals surface area contributed by atoms with Crippen LogP contribution < -0.4 is 4.90 Å². The van der Waals surface area contributed by atoms with E-state index in [1.807, 2.05) is 42.2 Å². The van der Waals surface area contributed by atoms with E-state index in [0.717, 1.165) is 42.0 Å². The smallest absolute Gasteiger partial charge is 0.242 e. The van der Waals surface area contributed by atoms with E-state index in [-0.39, 0.29) is 18.5 Å². The third-order valence-corrected chi connectivity index (χ3v) is 7.24. The number of aromatic nitrogens is 1. The molecule has 1 saturated heterocycles. The van der Waals surface area contributed by atoms with Crippen molar-refractivity contribution in [3.8, 4) is 11.1 Å². The van der Waals surface area contributed by atoms with E-state index in [4.69, 9.17) is 23.2 Å². The van der Waals surface area contributed by atoms with Gasteiger partial charge in [-0.05, 0) is 66.9 Å². The number of likely N-dealkylation sites (tertiary alicyclic amines) is 1. The van der Waals surface area contributed by atoms with Crippen molar-refractivity contribution in [3.05, 3.63) is 82.6 Å². The summed E-state index contributed by atoms with van der Waals surface area (Å²) in [6.07, 6.45) is 6.07. The van der Waals surface area contributed by atoms with E-state index in [0.29, 0.717) is 10.0 Å². The molecule has 7 heteroatoms. The summed E-state index contributed by atoms with van der Waals surface area (Å²) < 4.78 is 0. The number of rotatable bonds is 8. The Balaban J connectivity index is 1.52. The third-order valence-electron chi connectivity index (χ3n) is 6.50. The molecule has 1 fully saturated rings. The van der Waals surface area contributed by atoms with Crippen LogP contribution in [0.5, 0.6) is 0 Å². The highest BCUT2D eigenvalue weighted by Gasteiger charge is 2.26. The van der Waals surface area contributed by atoms with Gasteiger partial charge in [0, 0.05) is 38.7 Å². The molecule has 0 N–H and O–H groups in total. The van der Waals surface area contributed by atoms with Gasteiger partial charge in [0.05, 0.1) is 22.6 Å². The Bertz CT molecular complexity index is 1100. The average Bonchev–Trinajstić information content (AvgIpc) is 3.38. The number of hydrogen-bond acceptors (Lipinski definition) is 4. The molecule has 4 rings (SSSR count). The zero-order valence-electron chi connectivity index (χ0n) is 19.6. The molecule has 0 saturated carbocycles. The summed E-state index contributed by atoms with van der Waals surface area (Å²) >= 11 is 12.2. The number of anilines is 1. The molecule has 1 unspecified atom stereocenters. The van der Waals surface area contributed by atoms with Crippen LogP contribution in [0, 0.1) is 0 Å². The molecule has 2 aromatic carbocycles. The van der Waals surface area contributed by atoms with Crippen LogP contribution in [0.15, 0.2) is 67.0 Å². The van der Waals surface area contributed by atoms with Gasteiger partial charge in [-0.15, -0.1) is 0 Å². The van der Waals surface area contributed by atoms with Gasteiger partial charge in [0.25, 0.3) is 0 Å². The van der Waals surface area contributed by atoms with Crippen molar-refractivity contribution in [1.29, 1.82) is 0 Å².